The van der Waals surface area contributed by atoms with Crippen LogP contribution in [0.5, 0.6) is 0 Å². The second-order valence-electron chi connectivity index (χ2n) is 8.85. The number of aldehydes is 1. The van der Waals surface area contributed by atoms with Crippen LogP contribution in [0.2, 0.25) is 0 Å². The largest absolute Gasteiger partial charge is 0.377 e. The van der Waals surface area contributed by atoms with Crippen molar-refractivity contribution in [2.45, 2.75) is 25.7 Å². The molecule has 1 N–H and O–H groups in total. The summed E-state index contributed by atoms with van der Waals surface area (Å²) in [6.07, 6.45) is 5.81. The highest BCUT2D eigenvalue weighted by atomic mass is 16.6. The maximum absolute atomic E-state index is 11.8. The molecule has 14 nitrogen and oxygen atoms in total. The number of nitrogens with one attached hydrogen (secondary N) is 1. The normalized spacial score (nSPS) is 12.9. The van der Waals surface area contributed by atoms with E-state index in [0.717, 1.165) is 6.42 Å². The Morgan fingerprint density at radius 2 is 1.00 bits per heavy atom. The average molecular weight is 605 g/mol. The van der Waals surface area contributed by atoms with Gasteiger partial charge in [-0.3, -0.25) is 19.3 Å². The molecule has 1 rings (SSSR count). The zero-order valence-electron chi connectivity index (χ0n) is 24.6. The van der Waals surface area contributed by atoms with Crippen LogP contribution in [0, 0.1) is 0 Å². The average Bonchev–Trinajstić information content (AvgIpc) is 3.31. The number of unbranched alkanes of at least 4 members (excludes halogenated alkanes) is 2. The summed E-state index contributed by atoms with van der Waals surface area (Å²) in [6, 6.07) is 0. The smallest absolute Gasteiger partial charge is 0.253 e. The van der Waals surface area contributed by atoms with Crippen molar-refractivity contribution in [3.8, 4) is 0 Å². The van der Waals surface area contributed by atoms with E-state index in [4.69, 9.17) is 37.9 Å². The van der Waals surface area contributed by atoms with Crippen LogP contribution in [0.15, 0.2) is 12.2 Å². The summed E-state index contributed by atoms with van der Waals surface area (Å²) in [4.78, 5) is 46.0. The van der Waals surface area contributed by atoms with Gasteiger partial charge in [0, 0.05) is 31.7 Å². The lowest BCUT2D eigenvalue weighted by molar-refractivity contribution is -0.137. The third-order valence-corrected chi connectivity index (χ3v) is 5.54. The Morgan fingerprint density at radius 3 is 1.43 bits per heavy atom. The fraction of sp³-hybridized carbons (Fsp3) is 0.786. The van der Waals surface area contributed by atoms with E-state index in [9.17, 15) is 19.2 Å². The van der Waals surface area contributed by atoms with Crippen LogP contribution in [0.3, 0.4) is 0 Å². The van der Waals surface area contributed by atoms with Gasteiger partial charge in [-0.2, -0.15) is 0 Å². The highest BCUT2D eigenvalue weighted by molar-refractivity contribution is 6.12. The van der Waals surface area contributed by atoms with Crippen molar-refractivity contribution in [3.05, 3.63) is 12.2 Å². The summed E-state index contributed by atoms with van der Waals surface area (Å²) in [7, 11) is 0. The van der Waals surface area contributed by atoms with Gasteiger partial charge in [-0.15, -0.1) is 0 Å². The minimum Gasteiger partial charge on any atom is -0.377 e. The number of hydrogen-bond acceptors (Lipinski definition) is 12. The maximum Gasteiger partial charge on any atom is 0.253 e. The molecular formula is C28H48N2O12. The summed E-state index contributed by atoms with van der Waals surface area (Å²) >= 11 is 0. The minimum absolute atomic E-state index is 0.0435. The van der Waals surface area contributed by atoms with Crippen LogP contribution >= 0.6 is 0 Å². The van der Waals surface area contributed by atoms with Crippen LogP contribution in [-0.2, 0) is 57.1 Å². The van der Waals surface area contributed by atoms with Crippen molar-refractivity contribution < 1.29 is 57.1 Å². The molecule has 0 unspecified atom stereocenters. The first kappa shape index (κ1) is 37.7. The second kappa shape index (κ2) is 28.8. The first-order valence-corrected chi connectivity index (χ1v) is 14.5. The number of nitrogens with zero attached hydrogens (tertiary/aromatic N) is 1. The molecule has 242 valence electrons. The molecule has 0 saturated carbocycles. The number of rotatable bonds is 32. The molecule has 1 aliphatic heterocycles. The van der Waals surface area contributed by atoms with Crippen LogP contribution < -0.4 is 5.32 Å². The molecule has 14 heteroatoms. The number of ether oxygens (including phenoxy) is 8. The van der Waals surface area contributed by atoms with Gasteiger partial charge in [0.05, 0.1) is 99.1 Å². The zero-order valence-corrected chi connectivity index (χ0v) is 24.6. The molecule has 0 radical (unpaired) electrons. The number of amides is 3. The third kappa shape index (κ3) is 23.3. The molecule has 0 aromatic heterocycles. The summed E-state index contributed by atoms with van der Waals surface area (Å²) in [5.41, 5.74) is 0. The lowest BCUT2D eigenvalue weighted by Crippen LogP contribution is -2.31. The van der Waals surface area contributed by atoms with Gasteiger partial charge in [0.1, 0.15) is 12.9 Å². The molecule has 1 heterocycles. The number of carbonyl (C=O) groups is 4. The van der Waals surface area contributed by atoms with Crippen molar-refractivity contribution >= 4 is 24.0 Å². The molecule has 0 saturated heterocycles. The summed E-state index contributed by atoms with van der Waals surface area (Å²) in [5.74, 6) is -0.587. The van der Waals surface area contributed by atoms with Crippen LogP contribution in [0.1, 0.15) is 25.7 Å². The monoisotopic (exact) mass is 604 g/mol. The Hall–Kier alpha value is -2.30. The Morgan fingerprint density at radius 1 is 0.595 bits per heavy atom. The SMILES string of the molecule is O=CCOCCOCCOCCOCCOCCOCCOCCOCCNC(=O)CCCCCN1C(=O)C=CC1=O. The van der Waals surface area contributed by atoms with Crippen LogP contribution in [0.25, 0.3) is 0 Å². The fourth-order valence-corrected chi connectivity index (χ4v) is 3.41. The van der Waals surface area contributed by atoms with Crippen molar-refractivity contribution in [1.29, 1.82) is 0 Å². The fourth-order valence-electron chi connectivity index (χ4n) is 3.41. The highest BCUT2D eigenvalue weighted by Gasteiger charge is 2.22. The van der Waals surface area contributed by atoms with Crippen molar-refractivity contribution in [3.63, 3.8) is 0 Å². The standard InChI is InChI=1S/C28H48N2O12/c31-9-11-36-13-15-38-17-19-40-21-23-42-25-24-41-22-20-39-18-16-37-14-12-35-10-7-29-26(32)4-2-1-3-8-30-27(33)5-6-28(30)34/h5-6,9H,1-4,7-8,10-25H2,(H,29,32). The van der Waals surface area contributed by atoms with E-state index in [1.54, 1.807) is 0 Å². The van der Waals surface area contributed by atoms with Crippen molar-refractivity contribution in [2.24, 2.45) is 0 Å². The molecule has 0 fully saturated rings. The van der Waals surface area contributed by atoms with Crippen molar-refractivity contribution in [2.75, 3.05) is 119 Å². The number of hydrogen-bond donors (Lipinski definition) is 1. The molecule has 0 aromatic carbocycles. The lowest BCUT2D eigenvalue weighted by Gasteiger charge is -2.13. The predicted octanol–water partition coefficient (Wildman–Crippen LogP) is -0.0803. The van der Waals surface area contributed by atoms with E-state index in [1.165, 1.54) is 17.1 Å². The van der Waals surface area contributed by atoms with Gasteiger partial charge in [0.2, 0.25) is 5.91 Å². The summed E-state index contributed by atoms with van der Waals surface area (Å²) in [6.45, 7) is 7.72. The first-order valence-electron chi connectivity index (χ1n) is 14.5. The zero-order chi connectivity index (χ0) is 30.4. The Kier molecular flexibility index (Phi) is 25.9. The Balaban J connectivity index is 1.68. The lowest BCUT2D eigenvalue weighted by atomic mass is 10.2. The van der Waals surface area contributed by atoms with Gasteiger partial charge in [-0.05, 0) is 12.8 Å². The van der Waals surface area contributed by atoms with E-state index in [1.807, 2.05) is 0 Å². The predicted molar refractivity (Wildman–Crippen MR) is 150 cm³/mol. The molecule has 0 atom stereocenters. The third-order valence-electron chi connectivity index (χ3n) is 5.54. The highest BCUT2D eigenvalue weighted by Crippen LogP contribution is 2.07. The summed E-state index contributed by atoms with van der Waals surface area (Å²) in [5, 5.41) is 2.80. The van der Waals surface area contributed by atoms with Gasteiger partial charge in [0.15, 0.2) is 0 Å². The van der Waals surface area contributed by atoms with E-state index < -0.39 is 0 Å². The van der Waals surface area contributed by atoms with E-state index in [0.29, 0.717) is 138 Å². The van der Waals surface area contributed by atoms with E-state index in [2.05, 4.69) is 5.32 Å². The van der Waals surface area contributed by atoms with E-state index >= 15 is 0 Å². The maximum atomic E-state index is 11.8. The number of carbonyl (C=O) groups excluding carboxylic acids is 4. The molecule has 1 aliphatic rings. The minimum atomic E-state index is -0.272. The molecule has 0 spiro atoms. The Labute approximate surface area is 248 Å². The first-order chi connectivity index (χ1) is 20.6. The molecule has 42 heavy (non-hydrogen) atoms. The van der Waals surface area contributed by atoms with Gasteiger partial charge < -0.3 is 48.0 Å². The molecule has 3 amide bonds. The quantitative estimate of drug-likeness (QED) is 0.0620. The molecule has 0 bridgehead atoms. The summed E-state index contributed by atoms with van der Waals surface area (Å²) < 4.78 is 42.7. The topological polar surface area (TPSA) is 157 Å². The molecule has 0 aliphatic carbocycles. The second-order valence-corrected chi connectivity index (χ2v) is 8.85. The van der Waals surface area contributed by atoms with Gasteiger partial charge in [-0.25, -0.2) is 0 Å². The van der Waals surface area contributed by atoms with Gasteiger partial charge in [0.25, 0.3) is 11.8 Å². The van der Waals surface area contributed by atoms with Crippen molar-refractivity contribution in [1.82, 2.24) is 10.2 Å². The van der Waals surface area contributed by atoms with E-state index in [-0.39, 0.29) is 24.3 Å². The number of imide groups is 1. The molecule has 0 aromatic rings. The Bertz CT molecular complexity index is 720. The van der Waals surface area contributed by atoms with Gasteiger partial charge in [-0.1, -0.05) is 6.42 Å². The van der Waals surface area contributed by atoms with Gasteiger partial charge >= 0.3 is 0 Å². The van der Waals surface area contributed by atoms with Crippen LogP contribution in [-0.4, -0.2) is 148 Å². The van der Waals surface area contributed by atoms with Crippen LogP contribution in [0.4, 0.5) is 0 Å². The molecular weight excluding hydrogens is 556 g/mol.